The number of carbonyl (C=O) groups is 1. The first kappa shape index (κ1) is 34.1. The molecule has 0 aliphatic carbocycles. The topological polar surface area (TPSA) is 98.6 Å². The van der Waals surface area contributed by atoms with Crippen LogP contribution in [0.15, 0.2) is 84.3 Å². The Labute approximate surface area is 280 Å². The van der Waals surface area contributed by atoms with E-state index in [0.29, 0.717) is 29.5 Å². The van der Waals surface area contributed by atoms with Crippen LogP contribution < -0.4 is 15.0 Å². The third kappa shape index (κ3) is 9.86. The predicted molar refractivity (Wildman–Crippen MR) is 189 cm³/mol. The summed E-state index contributed by atoms with van der Waals surface area (Å²) in [6, 6.07) is 17.2. The van der Waals surface area contributed by atoms with E-state index in [2.05, 4.69) is 35.1 Å². The number of amides is 1. The molecular weight excluding hydrogens is 611 g/mol. The molecule has 47 heavy (non-hydrogen) atoms. The van der Waals surface area contributed by atoms with E-state index >= 15 is 0 Å². The molecule has 1 aliphatic heterocycles. The summed E-state index contributed by atoms with van der Waals surface area (Å²) >= 11 is 0. The van der Waals surface area contributed by atoms with Crippen molar-refractivity contribution in [2.75, 3.05) is 43.1 Å². The Hall–Kier alpha value is -4.28. The minimum atomic E-state index is -1.21. The van der Waals surface area contributed by atoms with Gasteiger partial charge in [0.25, 0.3) is 0 Å². The lowest BCUT2D eigenvalue weighted by Crippen LogP contribution is -2.20. The number of nitrogens with zero attached hydrogens (tertiary/aromatic N) is 4. The molecule has 3 heterocycles. The summed E-state index contributed by atoms with van der Waals surface area (Å²) in [5, 5.41) is 2.93. The van der Waals surface area contributed by atoms with Gasteiger partial charge in [0.2, 0.25) is 5.91 Å². The Balaban J connectivity index is 1.22. The molecule has 1 saturated heterocycles. The van der Waals surface area contributed by atoms with Crippen LogP contribution in [0.2, 0.25) is 0 Å². The third-order valence-electron chi connectivity index (χ3n) is 7.97. The van der Waals surface area contributed by atoms with Crippen molar-refractivity contribution in [2.24, 2.45) is 0 Å². The van der Waals surface area contributed by atoms with Crippen LogP contribution in [-0.4, -0.2) is 57.6 Å². The maximum absolute atomic E-state index is 13.0. The highest BCUT2D eigenvalue weighted by molar-refractivity contribution is 7.84. The number of aryl methyl sites for hydroxylation is 1. The Morgan fingerprint density at radius 1 is 0.957 bits per heavy atom. The van der Waals surface area contributed by atoms with Gasteiger partial charge in [0, 0.05) is 66.4 Å². The van der Waals surface area contributed by atoms with E-state index in [1.165, 1.54) is 0 Å². The van der Waals surface area contributed by atoms with Gasteiger partial charge in [-0.3, -0.25) is 9.00 Å². The molecule has 1 amide bonds. The van der Waals surface area contributed by atoms with Gasteiger partial charge in [-0.1, -0.05) is 32.4 Å². The molecule has 0 spiro atoms. The zero-order valence-electron chi connectivity index (χ0n) is 27.4. The van der Waals surface area contributed by atoms with Crippen molar-refractivity contribution in [1.29, 1.82) is 0 Å². The Bertz CT molecular complexity index is 1630. The second-order valence-electron chi connectivity index (χ2n) is 11.6. The van der Waals surface area contributed by atoms with Crippen molar-refractivity contribution in [1.82, 2.24) is 14.5 Å². The molecule has 0 unspecified atom stereocenters. The number of anilines is 2. The number of hydrogen-bond acceptors (Lipinski definition) is 7. The summed E-state index contributed by atoms with van der Waals surface area (Å²) in [5.41, 5.74) is 4.45. The summed E-state index contributed by atoms with van der Waals surface area (Å²) in [4.78, 5) is 25.0. The first-order valence-corrected chi connectivity index (χ1v) is 17.9. The number of imidazole rings is 1. The van der Waals surface area contributed by atoms with Gasteiger partial charge in [-0.05, 0) is 79.8 Å². The van der Waals surface area contributed by atoms with E-state index in [9.17, 15) is 9.00 Å². The van der Waals surface area contributed by atoms with Crippen molar-refractivity contribution in [2.45, 2.75) is 63.1 Å². The van der Waals surface area contributed by atoms with Crippen molar-refractivity contribution < 1.29 is 18.5 Å². The van der Waals surface area contributed by atoms with Crippen LogP contribution in [-0.2, 0) is 32.6 Å². The second kappa shape index (κ2) is 17.6. The van der Waals surface area contributed by atoms with E-state index in [4.69, 9.17) is 14.5 Å². The molecule has 2 aromatic heterocycles. The monoisotopic (exact) mass is 655 g/mol. The Kier molecular flexibility index (Phi) is 12.7. The molecule has 1 N–H and O–H groups in total. The Morgan fingerprint density at radius 2 is 1.74 bits per heavy atom. The molecule has 0 radical (unpaired) electrons. The van der Waals surface area contributed by atoms with Gasteiger partial charge in [0.1, 0.15) is 18.2 Å². The number of pyridine rings is 1. The molecule has 10 heteroatoms. The molecule has 248 valence electrons. The number of ether oxygens (including phenoxy) is 2. The zero-order valence-corrected chi connectivity index (χ0v) is 28.2. The lowest BCUT2D eigenvalue weighted by Gasteiger charge is -2.19. The lowest BCUT2D eigenvalue weighted by molar-refractivity contribution is -0.111. The van der Waals surface area contributed by atoms with Crippen molar-refractivity contribution in [3.05, 3.63) is 90.7 Å². The average molecular weight is 656 g/mol. The number of rotatable bonds is 17. The summed E-state index contributed by atoms with van der Waals surface area (Å²) in [6.45, 7) is 8.85. The lowest BCUT2D eigenvalue weighted by atomic mass is 10.0. The summed E-state index contributed by atoms with van der Waals surface area (Å²) in [5.74, 6) is 1.82. The van der Waals surface area contributed by atoms with Crippen LogP contribution in [0, 0.1) is 0 Å². The number of aromatic nitrogens is 3. The van der Waals surface area contributed by atoms with Crippen LogP contribution in [0.5, 0.6) is 5.75 Å². The highest BCUT2D eigenvalue weighted by atomic mass is 32.2. The summed E-state index contributed by atoms with van der Waals surface area (Å²) < 4.78 is 26.4. The van der Waals surface area contributed by atoms with Crippen LogP contribution in [0.3, 0.4) is 0 Å². The smallest absolute Gasteiger partial charge is 0.248 e. The maximum Gasteiger partial charge on any atom is 0.248 e. The highest BCUT2D eigenvalue weighted by Gasteiger charge is 2.17. The first-order valence-electron chi connectivity index (χ1n) is 16.6. The fourth-order valence-corrected chi connectivity index (χ4v) is 6.54. The second-order valence-corrected chi connectivity index (χ2v) is 13.0. The minimum Gasteiger partial charge on any atom is -0.491 e. The minimum absolute atomic E-state index is 0.250. The predicted octanol–water partition coefficient (Wildman–Crippen LogP) is 7.11. The van der Waals surface area contributed by atoms with E-state index in [1.54, 1.807) is 42.9 Å². The molecule has 9 nitrogen and oxygen atoms in total. The average Bonchev–Trinajstić information content (AvgIpc) is 3.79. The van der Waals surface area contributed by atoms with Crippen molar-refractivity contribution >= 4 is 34.3 Å². The van der Waals surface area contributed by atoms with Crippen LogP contribution in [0.4, 0.5) is 11.5 Å². The van der Waals surface area contributed by atoms with Crippen LogP contribution in [0.1, 0.15) is 57.2 Å². The summed E-state index contributed by atoms with van der Waals surface area (Å²) in [6.07, 6.45) is 14.2. The van der Waals surface area contributed by atoms with Crippen LogP contribution in [0.25, 0.3) is 17.2 Å². The normalized spacial score (nSPS) is 13.7. The standard InChI is InChI=1S/C37H45N5O4S/c1-3-5-21-45-22-23-46-34-13-8-29(9-14-34)31-24-30(37(39-25-31)41-19-6-7-20-41)10-17-36(43)40-32-11-15-35(16-12-32)47(44)27-33-26-38-28-42(33)18-4-2/h8-17,24-26,28H,3-7,18-23,27H2,1-2H3,(H,40,43)/b17-10+/t47-/m0/s1. The zero-order chi connectivity index (χ0) is 32.8. The van der Waals surface area contributed by atoms with Gasteiger partial charge >= 0.3 is 0 Å². The molecular formula is C37H45N5O4S. The molecule has 4 aromatic rings. The number of unbranched alkanes of at least 4 members (excludes halogenated alkanes) is 1. The van der Waals surface area contributed by atoms with E-state index in [1.807, 2.05) is 41.1 Å². The van der Waals surface area contributed by atoms with Gasteiger partial charge < -0.3 is 24.3 Å². The molecule has 5 rings (SSSR count). The number of benzene rings is 2. The Morgan fingerprint density at radius 3 is 2.49 bits per heavy atom. The SMILES string of the molecule is CCCCOCCOc1ccc(-c2cnc(N3CCCC3)c(/C=C/C(=O)Nc3ccc([S@@](=O)Cc4cncn4CCC)cc3)c2)cc1. The highest BCUT2D eigenvalue weighted by Crippen LogP contribution is 2.29. The van der Waals surface area contributed by atoms with Gasteiger partial charge in [-0.15, -0.1) is 0 Å². The van der Waals surface area contributed by atoms with Gasteiger partial charge in [-0.2, -0.15) is 0 Å². The molecule has 1 aliphatic rings. The molecule has 2 aromatic carbocycles. The van der Waals surface area contributed by atoms with Crippen molar-refractivity contribution in [3.8, 4) is 16.9 Å². The fourth-order valence-electron chi connectivity index (χ4n) is 5.43. The third-order valence-corrected chi connectivity index (χ3v) is 9.32. The van der Waals surface area contributed by atoms with Gasteiger partial charge in [0.05, 0.1) is 35.2 Å². The first-order chi connectivity index (χ1) is 23.0. The molecule has 1 atom stereocenters. The quantitative estimate of drug-likeness (QED) is 0.0956. The summed E-state index contributed by atoms with van der Waals surface area (Å²) in [7, 11) is -1.21. The van der Waals surface area contributed by atoms with E-state index < -0.39 is 10.8 Å². The maximum atomic E-state index is 13.0. The number of hydrogen-bond donors (Lipinski definition) is 1. The van der Waals surface area contributed by atoms with E-state index in [-0.39, 0.29) is 5.91 Å². The van der Waals surface area contributed by atoms with Crippen molar-refractivity contribution in [3.63, 3.8) is 0 Å². The molecule has 0 bridgehead atoms. The largest absolute Gasteiger partial charge is 0.491 e. The number of nitrogens with one attached hydrogen (secondary N) is 1. The van der Waals surface area contributed by atoms with Crippen LogP contribution >= 0.6 is 0 Å². The fraction of sp³-hybridized carbons (Fsp3) is 0.378. The molecule has 1 fully saturated rings. The molecule has 0 saturated carbocycles. The number of carbonyl (C=O) groups excluding carboxylic acids is 1. The van der Waals surface area contributed by atoms with Gasteiger partial charge in [0.15, 0.2) is 0 Å². The van der Waals surface area contributed by atoms with E-state index in [0.717, 1.165) is 92.3 Å². The van der Waals surface area contributed by atoms with Gasteiger partial charge in [-0.25, -0.2) is 9.97 Å².